The number of hydrogen-bond acceptors (Lipinski definition) is 4. The molecular weight excluding hydrogens is 299 g/mol. The maximum atomic E-state index is 12.3. The van der Waals surface area contributed by atoms with Crippen LogP contribution in [0.25, 0.3) is 0 Å². The first-order valence-corrected chi connectivity index (χ1v) is 6.90. The fraction of sp³-hybridized carbons (Fsp3) is 0.500. The molecule has 1 aromatic rings. The van der Waals surface area contributed by atoms with Crippen molar-refractivity contribution >= 4 is 11.6 Å². The Morgan fingerprint density at radius 2 is 2.23 bits per heavy atom. The van der Waals surface area contributed by atoms with Gasteiger partial charge < -0.3 is 20.7 Å². The number of amides is 1. The van der Waals surface area contributed by atoms with Crippen molar-refractivity contribution in [2.24, 2.45) is 0 Å². The number of nitrogens with one attached hydrogen (secondary N) is 1. The number of likely N-dealkylation sites (N-methyl/N-ethyl adjacent to an activating group) is 1. The molecule has 0 spiro atoms. The lowest BCUT2D eigenvalue weighted by atomic mass is 10.1. The number of likely N-dealkylation sites (tertiary alicyclic amines) is 1. The first kappa shape index (κ1) is 16.4. The summed E-state index contributed by atoms with van der Waals surface area (Å²) < 4.78 is 40.6. The number of ether oxygens (including phenoxy) is 1. The Hall–Kier alpha value is -1.96. The zero-order chi connectivity index (χ0) is 16.3. The van der Waals surface area contributed by atoms with Crippen molar-refractivity contribution in [3.05, 3.63) is 23.8 Å². The van der Waals surface area contributed by atoms with Crippen LogP contribution >= 0.6 is 0 Å². The summed E-state index contributed by atoms with van der Waals surface area (Å²) in [4.78, 5) is 14.2. The summed E-state index contributed by atoms with van der Waals surface area (Å²) in [5.74, 6) is -1.02. The van der Waals surface area contributed by atoms with Gasteiger partial charge in [0.1, 0.15) is 0 Å². The molecule has 1 fully saturated rings. The Morgan fingerprint density at radius 3 is 2.82 bits per heavy atom. The van der Waals surface area contributed by atoms with Gasteiger partial charge in [-0.3, -0.25) is 4.79 Å². The molecule has 3 N–H and O–H groups in total. The standard InChI is InChI=1S/C14H18F3N3O2/c1-20-6-2-3-10(20)8-19-13(21)9-4-5-11(18)12(7-9)22-14(15,16)17/h4-5,7,10H,2-3,6,8,18H2,1H3,(H,19,21)/t10-/m0/s1. The molecule has 1 aromatic carbocycles. The van der Waals surface area contributed by atoms with E-state index in [9.17, 15) is 18.0 Å². The number of rotatable bonds is 4. The molecule has 1 saturated heterocycles. The third-order valence-corrected chi connectivity index (χ3v) is 3.67. The molecule has 5 nitrogen and oxygen atoms in total. The van der Waals surface area contributed by atoms with E-state index >= 15 is 0 Å². The molecular formula is C14H18F3N3O2. The average Bonchev–Trinajstić information content (AvgIpc) is 2.82. The van der Waals surface area contributed by atoms with Crippen LogP contribution in [0.2, 0.25) is 0 Å². The molecule has 0 aromatic heterocycles. The van der Waals surface area contributed by atoms with Crippen molar-refractivity contribution in [2.45, 2.75) is 25.2 Å². The number of halogens is 3. The quantitative estimate of drug-likeness (QED) is 0.834. The van der Waals surface area contributed by atoms with Crippen molar-refractivity contribution < 1.29 is 22.7 Å². The van der Waals surface area contributed by atoms with Gasteiger partial charge in [0.2, 0.25) is 0 Å². The van der Waals surface area contributed by atoms with Crippen LogP contribution in [-0.2, 0) is 0 Å². The minimum atomic E-state index is -4.85. The normalized spacial score (nSPS) is 19.2. The van der Waals surface area contributed by atoms with Gasteiger partial charge in [-0.05, 0) is 44.6 Å². The van der Waals surface area contributed by atoms with Gasteiger partial charge in [0.05, 0.1) is 5.69 Å². The second-order valence-corrected chi connectivity index (χ2v) is 5.29. The molecule has 0 bridgehead atoms. The topological polar surface area (TPSA) is 67.6 Å². The third-order valence-electron chi connectivity index (χ3n) is 3.67. The van der Waals surface area contributed by atoms with E-state index in [2.05, 4.69) is 15.0 Å². The molecule has 1 amide bonds. The van der Waals surface area contributed by atoms with Crippen LogP contribution in [0.5, 0.6) is 5.75 Å². The van der Waals surface area contributed by atoms with Crippen molar-refractivity contribution in [3.8, 4) is 5.75 Å². The molecule has 2 rings (SSSR count). The molecule has 0 unspecified atom stereocenters. The van der Waals surface area contributed by atoms with Crippen LogP contribution in [0.1, 0.15) is 23.2 Å². The van der Waals surface area contributed by atoms with E-state index in [1.54, 1.807) is 0 Å². The molecule has 122 valence electrons. The van der Waals surface area contributed by atoms with Crippen LogP contribution < -0.4 is 15.8 Å². The van der Waals surface area contributed by atoms with Crippen LogP contribution in [0.4, 0.5) is 18.9 Å². The Morgan fingerprint density at radius 1 is 1.50 bits per heavy atom. The monoisotopic (exact) mass is 317 g/mol. The molecule has 1 aliphatic heterocycles. The van der Waals surface area contributed by atoms with E-state index in [0.717, 1.165) is 25.5 Å². The van der Waals surface area contributed by atoms with E-state index in [1.165, 1.54) is 12.1 Å². The fourth-order valence-electron chi connectivity index (χ4n) is 2.44. The Kier molecular flexibility index (Phi) is 4.80. The predicted molar refractivity (Wildman–Crippen MR) is 75.5 cm³/mol. The van der Waals surface area contributed by atoms with Gasteiger partial charge in [0.15, 0.2) is 5.75 Å². The number of nitrogens with two attached hydrogens (primary N) is 1. The minimum Gasteiger partial charge on any atom is -0.404 e. The highest BCUT2D eigenvalue weighted by Gasteiger charge is 2.32. The Labute approximate surface area is 126 Å². The van der Waals surface area contributed by atoms with Gasteiger partial charge in [-0.1, -0.05) is 0 Å². The molecule has 0 radical (unpaired) electrons. The summed E-state index contributed by atoms with van der Waals surface area (Å²) in [6.07, 6.45) is -2.79. The van der Waals surface area contributed by atoms with Gasteiger partial charge in [0, 0.05) is 18.2 Å². The van der Waals surface area contributed by atoms with Crippen LogP contribution in [0.15, 0.2) is 18.2 Å². The highest BCUT2D eigenvalue weighted by Crippen LogP contribution is 2.29. The van der Waals surface area contributed by atoms with Crippen molar-refractivity contribution in [1.29, 1.82) is 0 Å². The van der Waals surface area contributed by atoms with Crippen LogP contribution in [0.3, 0.4) is 0 Å². The molecule has 0 saturated carbocycles. The number of alkyl halides is 3. The first-order valence-electron chi connectivity index (χ1n) is 6.90. The number of carbonyl (C=O) groups is 1. The predicted octanol–water partition coefficient (Wildman–Crippen LogP) is 1.99. The highest BCUT2D eigenvalue weighted by atomic mass is 19.4. The minimum absolute atomic E-state index is 0.0779. The molecule has 1 heterocycles. The van der Waals surface area contributed by atoms with Crippen molar-refractivity contribution in [3.63, 3.8) is 0 Å². The second kappa shape index (κ2) is 6.43. The van der Waals surface area contributed by atoms with Crippen LogP contribution in [0, 0.1) is 0 Å². The lowest BCUT2D eigenvalue weighted by Gasteiger charge is -2.19. The van der Waals surface area contributed by atoms with E-state index in [1.807, 2.05) is 7.05 Å². The zero-order valence-corrected chi connectivity index (χ0v) is 12.1. The zero-order valence-electron chi connectivity index (χ0n) is 12.1. The first-order chi connectivity index (χ1) is 10.3. The molecule has 8 heteroatoms. The van der Waals surface area contributed by atoms with Gasteiger partial charge >= 0.3 is 6.36 Å². The summed E-state index contributed by atoms with van der Waals surface area (Å²) >= 11 is 0. The smallest absolute Gasteiger partial charge is 0.404 e. The summed E-state index contributed by atoms with van der Waals surface area (Å²) in [7, 11) is 1.97. The lowest BCUT2D eigenvalue weighted by Crippen LogP contribution is -2.38. The molecule has 1 aliphatic rings. The summed E-state index contributed by atoms with van der Waals surface area (Å²) in [5.41, 5.74) is 5.33. The summed E-state index contributed by atoms with van der Waals surface area (Å²) in [6.45, 7) is 1.43. The lowest BCUT2D eigenvalue weighted by molar-refractivity contribution is -0.274. The maximum Gasteiger partial charge on any atom is 0.573 e. The second-order valence-electron chi connectivity index (χ2n) is 5.29. The molecule has 1 atom stereocenters. The van der Waals surface area contributed by atoms with Gasteiger partial charge in [-0.2, -0.15) is 0 Å². The van der Waals surface area contributed by atoms with E-state index in [4.69, 9.17) is 5.73 Å². The van der Waals surface area contributed by atoms with Crippen molar-refractivity contribution in [2.75, 3.05) is 25.9 Å². The summed E-state index contributed by atoms with van der Waals surface area (Å²) in [5, 5.41) is 2.72. The summed E-state index contributed by atoms with van der Waals surface area (Å²) in [6, 6.07) is 3.84. The molecule has 22 heavy (non-hydrogen) atoms. The Bertz CT molecular complexity index is 549. The number of carbonyl (C=O) groups excluding carboxylic acids is 1. The number of nitrogens with zero attached hydrogens (tertiary/aromatic N) is 1. The van der Waals surface area contributed by atoms with Crippen LogP contribution in [-0.4, -0.2) is 43.3 Å². The number of hydrogen-bond donors (Lipinski definition) is 2. The van der Waals surface area contributed by atoms with E-state index in [-0.39, 0.29) is 17.3 Å². The average molecular weight is 317 g/mol. The largest absolute Gasteiger partial charge is 0.573 e. The SMILES string of the molecule is CN1CCC[C@H]1CNC(=O)c1ccc(N)c(OC(F)(F)F)c1. The van der Waals surface area contributed by atoms with Gasteiger partial charge in [-0.25, -0.2) is 0 Å². The van der Waals surface area contributed by atoms with Gasteiger partial charge in [0.25, 0.3) is 5.91 Å². The number of anilines is 1. The van der Waals surface area contributed by atoms with E-state index < -0.39 is 18.0 Å². The highest BCUT2D eigenvalue weighted by molar-refractivity contribution is 5.95. The van der Waals surface area contributed by atoms with Crippen molar-refractivity contribution in [1.82, 2.24) is 10.2 Å². The maximum absolute atomic E-state index is 12.3. The third kappa shape index (κ3) is 4.27. The van der Waals surface area contributed by atoms with Gasteiger partial charge in [-0.15, -0.1) is 13.2 Å². The van der Waals surface area contributed by atoms with E-state index in [0.29, 0.717) is 6.54 Å². The fourth-order valence-corrected chi connectivity index (χ4v) is 2.44. The number of nitrogen functional groups attached to an aromatic ring is 1. The number of benzene rings is 1. The Balaban J connectivity index is 2.01. The molecule has 0 aliphatic carbocycles.